The van der Waals surface area contributed by atoms with E-state index in [0.29, 0.717) is 10.1 Å². The van der Waals surface area contributed by atoms with Gasteiger partial charge in [0.1, 0.15) is 11.4 Å². The average Bonchev–Trinajstić information content (AvgIpc) is 2.42. The van der Waals surface area contributed by atoms with Crippen LogP contribution in [0.25, 0.3) is 0 Å². The van der Waals surface area contributed by atoms with Crippen molar-refractivity contribution in [2.75, 3.05) is 6.54 Å². The SMILES string of the molecule is CCNC1(C#N)CCCC(Sc2ccccc2F)C1. The number of thioether (sulfide) groups is 1. The molecule has 2 rings (SSSR count). The first kappa shape index (κ1) is 14.4. The lowest BCUT2D eigenvalue weighted by Crippen LogP contribution is -2.48. The van der Waals surface area contributed by atoms with Crippen LogP contribution in [-0.4, -0.2) is 17.3 Å². The summed E-state index contributed by atoms with van der Waals surface area (Å²) in [6.07, 6.45) is 3.75. The van der Waals surface area contributed by atoms with Gasteiger partial charge in [-0.1, -0.05) is 19.1 Å². The molecule has 1 aliphatic rings. The summed E-state index contributed by atoms with van der Waals surface area (Å²) >= 11 is 1.57. The quantitative estimate of drug-likeness (QED) is 0.911. The second-order valence-corrected chi connectivity index (χ2v) is 6.33. The zero-order chi connectivity index (χ0) is 13.7. The van der Waals surface area contributed by atoms with Crippen LogP contribution in [0.5, 0.6) is 0 Å². The van der Waals surface area contributed by atoms with E-state index in [-0.39, 0.29) is 5.82 Å². The van der Waals surface area contributed by atoms with Crippen LogP contribution in [0.15, 0.2) is 29.2 Å². The highest BCUT2D eigenvalue weighted by molar-refractivity contribution is 8.00. The summed E-state index contributed by atoms with van der Waals surface area (Å²) < 4.78 is 13.7. The Balaban J connectivity index is 2.06. The molecule has 1 N–H and O–H groups in total. The van der Waals surface area contributed by atoms with Crippen LogP contribution in [0.1, 0.15) is 32.6 Å². The van der Waals surface area contributed by atoms with Crippen LogP contribution in [0.2, 0.25) is 0 Å². The number of nitriles is 1. The molecule has 0 saturated heterocycles. The van der Waals surface area contributed by atoms with Crippen molar-refractivity contribution in [3.05, 3.63) is 30.1 Å². The molecular formula is C15H19FN2S. The lowest BCUT2D eigenvalue weighted by molar-refractivity contribution is 0.309. The number of nitrogens with one attached hydrogen (secondary N) is 1. The van der Waals surface area contributed by atoms with Gasteiger partial charge in [-0.2, -0.15) is 5.26 Å². The summed E-state index contributed by atoms with van der Waals surface area (Å²) in [5.41, 5.74) is -0.421. The third-order valence-corrected chi connectivity index (χ3v) is 4.89. The van der Waals surface area contributed by atoms with E-state index in [1.807, 2.05) is 19.1 Å². The minimum Gasteiger partial charge on any atom is -0.300 e. The molecule has 1 fully saturated rings. The molecule has 1 saturated carbocycles. The highest BCUT2D eigenvalue weighted by atomic mass is 32.2. The van der Waals surface area contributed by atoms with Crippen LogP contribution in [0.4, 0.5) is 4.39 Å². The molecule has 19 heavy (non-hydrogen) atoms. The molecule has 102 valence electrons. The van der Waals surface area contributed by atoms with Crippen LogP contribution in [-0.2, 0) is 0 Å². The topological polar surface area (TPSA) is 35.8 Å². The number of hydrogen-bond donors (Lipinski definition) is 1. The number of rotatable bonds is 4. The lowest BCUT2D eigenvalue weighted by Gasteiger charge is -2.36. The smallest absolute Gasteiger partial charge is 0.136 e. The number of halogens is 1. The predicted octanol–water partition coefficient (Wildman–Crippen LogP) is 3.73. The second-order valence-electron chi connectivity index (χ2n) is 4.99. The zero-order valence-electron chi connectivity index (χ0n) is 11.2. The highest BCUT2D eigenvalue weighted by Gasteiger charge is 2.36. The Labute approximate surface area is 118 Å². The minimum absolute atomic E-state index is 0.163. The van der Waals surface area contributed by atoms with Crippen molar-refractivity contribution in [2.45, 2.75) is 48.3 Å². The number of benzene rings is 1. The fourth-order valence-electron chi connectivity index (χ4n) is 2.68. The Kier molecular flexibility index (Phi) is 4.84. The van der Waals surface area contributed by atoms with Gasteiger partial charge in [0, 0.05) is 10.1 Å². The van der Waals surface area contributed by atoms with Crippen LogP contribution in [0, 0.1) is 17.1 Å². The minimum atomic E-state index is -0.421. The molecule has 1 aromatic rings. The van der Waals surface area contributed by atoms with E-state index >= 15 is 0 Å². The summed E-state index contributed by atoms with van der Waals surface area (Å²) in [5.74, 6) is -0.163. The highest BCUT2D eigenvalue weighted by Crippen LogP contribution is 2.38. The summed E-state index contributed by atoms with van der Waals surface area (Å²) in [6.45, 7) is 2.82. The molecule has 2 unspecified atom stereocenters. The molecule has 0 aliphatic heterocycles. The maximum absolute atomic E-state index is 13.7. The van der Waals surface area contributed by atoms with Gasteiger partial charge in [0.25, 0.3) is 0 Å². The molecular weight excluding hydrogens is 259 g/mol. The molecule has 0 amide bonds. The van der Waals surface area contributed by atoms with Gasteiger partial charge in [-0.25, -0.2) is 4.39 Å². The van der Waals surface area contributed by atoms with Crippen molar-refractivity contribution in [1.82, 2.24) is 5.32 Å². The van der Waals surface area contributed by atoms with Crippen molar-refractivity contribution in [3.63, 3.8) is 0 Å². The van der Waals surface area contributed by atoms with Gasteiger partial charge in [0.2, 0.25) is 0 Å². The first-order chi connectivity index (χ1) is 9.19. The fraction of sp³-hybridized carbons (Fsp3) is 0.533. The van der Waals surface area contributed by atoms with Crippen LogP contribution < -0.4 is 5.32 Å². The standard InChI is InChI=1S/C15H19FN2S/c1-2-18-15(11-17)9-5-6-12(10-15)19-14-8-4-3-7-13(14)16/h3-4,7-8,12,18H,2,5-6,9-10H2,1H3. The fourth-order valence-corrected chi connectivity index (χ4v) is 4.03. The summed E-state index contributed by atoms with van der Waals surface area (Å²) in [6, 6.07) is 9.30. The summed E-state index contributed by atoms with van der Waals surface area (Å²) in [5, 5.41) is 13.0. The first-order valence-electron chi connectivity index (χ1n) is 6.76. The summed E-state index contributed by atoms with van der Waals surface area (Å²) in [7, 11) is 0. The Morgan fingerprint density at radius 2 is 2.32 bits per heavy atom. The Morgan fingerprint density at radius 1 is 1.53 bits per heavy atom. The van der Waals surface area contributed by atoms with E-state index in [0.717, 1.165) is 32.2 Å². The maximum atomic E-state index is 13.7. The first-order valence-corrected chi connectivity index (χ1v) is 7.64. The zero-order valence-corrected chi connectivity index (χ0v) is 12.0. The molecule has 1 aliphatic carbocycles. The predicted molar refractivity (Wildman–Crippen MR) is 76.5 cm³/mol. The van der Waals surface area contributed by atoms with E-state index < -0.39 is 5.54 Å². The molecule has 0 aromatic heterocycles. The molecule has 0 radical (unpaired) electrons. The van der Waals surface area contributed by atoms with Gasteiger partial charge in [-0.05, 0) is 44.4 Å². The van der Waals surface area contributed by atoms with Crippen molar-refractivity contribution in [1.29, 1.82) is 5.26 Å². The molecule has 0 spiro atoms. The van der Waals surface area contributed by atoms with Crippen molar-refractivity contribution < 1.29 is 4.39 Å². The Bertz CT molecular complexity index is 467. The van der Waals surface area contributed by atoms with Gasteiger partial charge < -0.3 is 0 Å². The van der Waals surface area contributed by atoms with Gasteiger partial charge >= 0.3 is 0 Å². The van der Waals surface area contributed by atoms with Crippen LogP contribution in [0.3, 0.4) is 0 Å². The van der Waals surface area contributed by atoms with Gasteiger partial charge in [-0.3, -0.25) is 5.32 Å². The van der Waals surface area contributed by atoms with Crippen molar-refractivity contribution in [3.8, 4) is 6.07 Å². The van der Waals surface area contributed by atoms with Crippen molar-refractivity contribution >= 4 is 11.8 Å². The van der Waals surface area contributed by atoms with Gasteiger partial charge in [-0.15, -0.1) is 11.8 Å². The van der Waals surface area contributed by atoms with Crippen LogP contribution >= 0.6 is 11.8 Å². The normalized spacial score (nSPS) is 26.9. The van der Waals surface area contributed by atoms with E-state index in [4.69, 9.17) is 0 Å². The Hall–Kier alpha value is -1.05. The van der Waals surface area contributed by atoms with Crippen molar-refractivity contribution in [2.24, 2.45) is 0 Å². The van der Waals surface area contributed by atoms with E-state index in [2.05, 4.69) is 11.4 Å². The second kappa shape index (κ2) is 6.40. The van der Waals surface area contributed by atoms with E-state index in [1.165, 1.54) is 6.07 Å². The average molecular weight is 278 g/mol. The summed E-state index contributed by atoms with van der Waals surface area (Å²) in [4.78, 5) is 0.692. The largest absolute Gasteiger partial charge is 0.300 e. The monoisotopic (exact) mass is 278 g/mol. The molecule has 0 heterocycles. The molecule has 4 heteroatoms. The lowest BCUT2D eigenvalue weighted by atomic mass is 9.82. The third kappa shape index (κ3) is 3.49. The third-order valence-electron chi connectivity index (χ3n) is 3.57. The Morgan fingerprint density at radius 3 is 3.00 bits per heavy atom. The molecule has 2 atom stereocenters. The molecule has 2 nitrogen and oxygen atoms in total. The van der Waals surface area contributed by atoms with Gasteiger partial charge in [0.05, 0.1) is 6.07 Å². The van der Waals surface area contributed by atoms with E-state index in [9.17, 15) is 9.65 Å². The maximum Gasteiger partial charge on any atom is 0.136 e. The molecule has 1 aromatic carbocycles. The number of nitrogens with zero attached hydrogens (tertiary/aromatic N) is 1. The van der Waals surface area contributed by atoms with E-state index in [1.54, 1.807) is 17.8 Å². The molecule has 0 bridgehead atoms. The number of hydrogen-bond acceptors (Lipinski definition) is 3. The van der Waals surface area contributed by atoms with Gasteiger partial charge in [0.15, 0.2) is 0 Å².